The smallest absolute Gasteiger partial charge is 0.244 e. The number of aliphatic hydroxyl groups excluding tert-OH is 1. The van der Waals surface area contributed by atoms with Crippen molar-refractivity contribution >= 4 is 21.4 Å². The fourth-order valence-corrected chi connectivity index (χ4v) is 5.71. The van der Waals surface area contributed by atoms with E-state index in [0.717, 1.165) is 18.7 Å². The zero-order chi connectivity index (χ0) is 15.8. The van der Waals surface area contributed by atoms with Crippen LogP contribution in [0.3, 0.4) is 0 Å². The van der Waals surface area contributed by atoms with Gasteiger partial charge in [-0.25, -0.2) is 8.42 Å². The van der Waals surface area contributed by atoms with E-state index in [1.807, 2.05) is 0 Å². The van der Waals surface area contributed by atoms with Crippen molar-refractivity contribution in [2.45, 2.75) is 44.7 Å². The maximum Gasteiger partial charge on any atom is 0.244 e. The molecule has 0 atom stereocenters. The van der Waals surface area contributed by atoms with E-state index in [2.05, 4.69) is 25.7 Å². The van der Waals surface area contributed by atoms with E-state index >= 15 is 0 Å². The second-order valence-corrected chi connectivity index (χ2v) is 9.23. The van der Waals surface area contributed by atoms with Crippen LogP contribution in [-0.2, 0) is 16.6 Å². The average molecular weight is 332 g/mol. The van der Waals surface area contributed by atoms with Crippen LogP contribution >= 0.6 is 11.3 Å². The van der Waals surface area contributed by atoms with Crippen LogP contribution in [0.4, 0.5) is 0 Å². The van der Waals surface area contributed by atoms with Crippen molar-refractivity contribution in [1.29, 1.82) is 0 Å². The highest BCUT2D eigenvalue weighted by Crippen LogP contribution is 2.30. The molecule has 1 fully saturated rings. The Morgan fingerprint density at radius 1 is 1.24 bits per heavy atom. The molecular weight excluding hydrogens is 308 g/mol. The molecule has 0 unspecified atom stereocenters. The van der Waals surface area contributed by atoms with Crippen LogP contribution in [0.1, 0.15) is 31.2 Å². The van der Waals surface area contributed by atoms with Gasteiger partial charge >= 0.3 is 0 Å². The summed E-state index contributed by atoms with van der Waals surface area (Å²) in [6.45, 7) is 10.5. The van der Waals surface area contributed by atoms with Crippen LogP contribution in [0.25, 0.3) is 0 Å². The number of aliphatic hydroxyl groups is 1. The molecule has 1 N–H and O–H groups in total. The zero-order valence-corrected chi connectivity index (χ0v) is 14.7. The second kappa shape index (κ2) is 5.96. The lowest BCUT2D eigenvalue weighted by atomic mass is 10.1. The van der Waals surface area contributed by atoms with E-state index < -0.39 is 10.0 Å². The summed E-state index contributed by atoms with van der Waals surface area (Å²) in [5.74, 6) is 0. The Hall–Kier alpha value is -0.470. The van der Waals surface area contributed by atoms with Crippen molar-refractivity contribution in [1.82, 2.24) is 9.21 Å². The number of rotatable bonds is 3. The Morgan fingerprint density at radius 3 is 2.29 bits per heavy atom. The molecule has 0 aromatic carbocycles. The predicted octanol–water partition coefficient (Wildman–Crippen LogP) is 1.65. The molecule has 7 heteroatoms. The Balaban J connectivity index is 2.21. The minimum atomic E-state index is -3.50. The molecule has 1 saturated heterocycles. The highest BCUT2D eigenvalue weighted by molar-refractivity contribution is 7.89. The topological polar surface area (TPSA) is 60.9 Å². The zero-order valence-electron chi connectivity index (χ0n) is 13.1. The molecule has 0 bridgehead atoms. The third-order valence-electron chi connectivity index (χ3n) is 3.92. The van der Waals surface area contributed by atoms with Gasteiger partial charge in [0.25, 0.3) is 0 Å². The molecular formula is C14H24N2O3S2. The van der Waals surface area contributed by atoms with Crippen LogP contribution in [0.15, 0.2) is 10.3 Å². The van der Waals surface area contributed by atoms with Crippen molar-refractivity contribution in [3.8, 4) is 0 Å². The molecule has 0 aliphatic carbocycles. The normalized spacial score (nSPS) is 19.1. The second-order valence-electron chi connectivity index (χ2n) is 6.39. The summed E-state index contributed by atoms with van der Waals surface area (Å²) in [6, 6.07) is 0. The largest absolute Gasteiger partial charge is 0.391 e. The van der Waals surface area contributed by atoms with E-state index in [9.17, 15) is 13.5 Å². The Bertz CT molecular complexity index is 594. The van der Waals surface area contributed by atoms with Crippen LogP contribution in [0.5, 0.6) is 0 Å². The maximum absolute atomic E-state index is 12.8. The molecule has 120 valence electrons. The van der Waals surface area contributed by atoms with Gasteiger partial charge in [0.05, 0.1) is 11.5 Å². The van der Waals surface area contributed by atoms with Gasteiger partial charge in [-0.2, -0.15) is 4.31 Å². The summed E-state index contributed by atoms with van der Waals surface area (Å²) in [5.41, 5.74) is 0.784. The summed E-state index contributed by atoms with van der Waals surface area (Å²) in [6.07, 6.45) is 0. The molecule has 5 nitrogen and oxygen atoms in total. The summed E-state index contributed by atoms with van der Waals surface area (Å²) < 4.78 is 27.2. The average Bonchev–Trinajstić information content (AvgIpc) is 2.79. The Kier molecular flexibility index (Phi) is 4.80. The molecule has 0 radical (unpaired) electrons. The molecule has 0 amide bonds. The van der Waals surface area contributed by atoms with Gasteiger partial charge < -0.3 is 5.11 Å². The number of sulfonamides is 1. The minimum Gasteiger partial charge on any atom is -0.391 e. The van der Waals surface area contributed by atoms with Gasteiger partial charge in [0.15, 0.2) is 0 Å². The van der Waals surface area contributed by atoms with Crippen LogP contribution in [0, 0.1) is 6.92 Å². The molecule has 21 heavy (non-hydrogen) atoms. The van der Waals surface area contributed by atoms with Crippen molar-refractivity contribution < 1.29 is 13.5 Å². The first-order valence-electron chi connectivity index (χ1n) is 7.11. The quantitative estimate of drug-likeness (QED) is 0.914. The molecule has 1 aromatic rings. The minimum absolute atomic E-state index is 0.0599. The summed E-state index contributed by atoms with van der Waals surface area (Å²) in [5, 5.41) is 11.2. The molecule has 0 saturated carbocycles. The number of hydrogen-bond acceptors (Lipinski definition) is 5. The van der Waals surface area contributed by atoms with Crippen molar-refractivity contribution in [3.63, 3.8) is 0 Å². The predicted molar refractivity (Wildman–Crippen MR) is 85.1 cm³/mol. The lowest BCUT2D eigenvalue weighted by Crippen LogP contribution is -2.54. The number of piperazine rings is 1. The highest BCUT2D eigenvalue weighted by Gasteiger charge is 2.34. The lowest BCUT2D eigenvalue weighted by molar-refractivity contribution is 0.0921. The molecule has 1 aliphatic heterocycles. The van der Waals surface area contributed by atoms with Gasteiger partial charge in [-0.1, -0.05) is 0 Å². The number of nitrogens with zero attached hydrogens (tertiary/aromatic N) is 2. The van der Waals surface area contributed by atoms with Crippen molar-refractivity contribution in [2.75, 3.05) is 26.2 Å². The lowest BCUT2D eigenvalue weighted by Gasteiger charge is -2.41. The Morgan fingerprint density at radius 2 is 1.81 bits per heavy atom. The number of hydrogen-bond donors (Lipinski definition) is 1. The summed E-state index contributed by atoms with van der Waals surface area (Å²) >= 11 is 1.31. The maximum atomic E-state index is 12.8. The first-order valence-corrected chi connectivity index (χ1v) is 9.43. The van der Waals surface area contributed by atoms with E-state index in [-0.39, 0.29) is 12.1 Å². The van der Waals surface area contributed by atoms with Gasteiger partial charge in [-0.15, -0.1) is 11.3 Å². The molecule has 0 spiro atoms. The Labute approximate surface area is 131 Å². The van der Waals surface area contributed by atoms with Crippen molar-refractivity contribution in [2.24, 2.45) is 0 Å². The molecule has 1 aromatic heterocycles. The van der Waals surface area contributed by atoms with E-state index in [1.165, 1.54) is 11.3 Å². The number of thiophene rings is 1. The van der Waals surface area contributed by atoms with Crippen LogP contribution < -0.4 is 0 Å². The molecule has 2 heterocycles. The van der Waals surface area contributed by atoms with Gasteiger partial charge in [0.1, 0.15) is 4.90 Å². The standard InChI is InChI=1S/C14H24N2O3S2/c1-11-10-20-12(9-17)13(11)21(18,19)16-7-5-15(6-8-16)14(2,3)4/h10,17H,5-9H2,1-4H3. The molecule has 2 rings (SSSR count). The van der Waals surface area contributed by atoms with E-state index in [4.69, 9.17) is 0 Å². The fraction of sp³-hybridized carbons (Fsp3) is 0.714. The van der Waals surface area contributed by atoms with Crippen LogP contribution in [0.2, 0.25) is 0 Å². The SMILES string of the molecule is Cc1csc(CO)c1S(=O)(=O)N1CCN(C(C)(C)C)CC1. The first-order chi connectivity index (χ1) is 9.67. The summed E-state index contributed by atoms with van der Waals surface area (Å²) in [4.78, 5) is 3.14. The first kappa shape index (κ1) is 16.9. The van der Waals surface area contributed by atoms with Gasteiger partial charge in [0, 0.05) is 31.7 Å². The monoisotopic (exact) mass is 332 g/mol. The molecule has 1 aliphatic rings. The van der Waals surface area contributed by atoms with Gasteiger partial charge in [-0.05, 0) is 38.6 Å². The van der Waals surface area contributed by atoms with E-state index in [1.54, 1.807) is 16.6 Å². The van der Waals surface area contributed by atoms with Gasteiger partial charge in [-0.3, -0.25) is 4.90 Å². The third kappa shape index (κ3) is 3.32. The number of aryl methyl sites for hydroxylation is 1. The van der Waals surface area contributed by atoms with Crippen molar-refractivity contribution in [3.05, 3.63) is 15.8 Å². The van der Waals surface area contributed by atoms with Crippen LogP contribution in [-0.4, -0.2) is 54.4 Å². The van der Waals surface area contributed by atoms with E-state index in [0.29, 0.717) is 22.9 Å². The summed E-state index contributed by atoms with van der Waals surface area (Å²) in [7, 11) is -3.50. The van der Waals surface area contributed by atoms with Gasteiger partial charge in [0.2, 0.25) is 10.0 Å². The highest BCUT2D eigenvalue weighted by atomic mass is 32.2. The fourth-order valence-electron chi connectivity index (χ4n) is 2.67. The third-order valence-corrected chi connectivity index (χ3v) is 7.27.